The zero-order chi connectivity index (χ0) is 19.2. The lowest BCUT2D eigenvalue weighted by molar-refractivity contribution is -0.120. The average Bonchev–Trinajstić information content (AvgIpc) is 2.68. The second-order valence-corrected chi connectivity index (χ2v) is 5.88. The zero-order valence-electron chi connectivity index (χ0n) is 13.9. The Labute approximate surface area is 158 Å². The fraction of sp³-hybridized carbons (Fsp3) is 0.0526. The smallest absolute Gasteiger partial charge is 0.259 e. The van der Waals surface area contributed by atoms with Crippen molar-refractivity contribution in [2.24, 2.45) is 5.10 Å². The molecule has 0 saturated carbocycles. The molecule has 0 bridgehead atoms. The van der Waals surface area contributed by atoms with Crippen molar-refractivity contribution in [3.05, 3.63) is 81.2 Å². The molecular formula is C19H14ClN3O4. The van der Waals surface area contributed by atoms with Gasteiger partial charge >= 0.3 is 0 Å². The number of fused-ring (bicyclic) bond motifs is 1. The standard InChI is InChI=1S/C19H14ClN3O4/c20-15-7-3-1-5-13(15)19(26)21-10-17(24)23-22-9-12-11-27-16-8-4-2-6-14(16)18(12)25/h1-9,11H,10H2,(H,21,26)(H,23,24)/b22-9+. The third-order valence-corrected chi connectivity index (χ3v) is 3.96. The summed E-state index contributed by atoms with van der Waals surface area (Å²) in [7, 11) is 0. The number of amides is 2. The Hall–Kier alpha value is -3.45. The molecule has 0 radical (unpaired) electrons. The molecule has 7 nitrogen and oxygen atoms in total. The van der Waals surface area contributed by atoms with Crippen LogP contribution in [0.2, 0.25) is 5.02 Å². The summed E-state index contributed by atoms with van der Waals surface area (Å²) in [5.41, 5.74) is 2.89. The van der Waals surface area contributed by atoms with Crippen LogP contribution in [0.5, 0.6) is 0 Å². The maximum atomic E-state index is 12.3. The summed E-state index contributed by atoms with van der Waals surface area (Å²) in [5.74, 6) is -1.04. The van der Waals surface area contributed by atoms with Gasteiger partial charge in [0.2, 0.25) is 5.43 Å². The van der Waals surface area contributed by atoms with E-state index in [4.69, 9.17) is 16.0 Å². The molecule has 2 N–H and O–H groups in total. The Morgan fingerprint density at radius 3 is 2.67 bits per heavy atom. The SMILES string of the molecule is O=C(CNC(=O)c1ccccc1Cl)N/N=C/c1coc2ccccc2c1=O. The Balaban J connectivity index is 1.58. The molecule has 0 aliphatic carbocycles. The van der Waals surface area contributed by atoms with E-state index < -0.39 is 11.8 Å². The number of nitrogens with zero attached hydrogens (tertiary/aromatic N) is 1. The molecule has 0 aliphatic heterocycles. The van der Waals surface area contributed by atoms with Gasteiger partial charge in [-0.15, -0.1) is 0 Å². The highest BCUT2D eigenvalue weighted by Gasteiger charge is 2.10. The van der Waals surface area contributed by atoms with Crippen LogP contribution in [0.15, 0.2) is 69.1 Å². The first-order valence-electron chi connectivity index (χ1n) is 7.91. The van der Waals surface area contributed by atoms with E-state index in [0.717, 1.165) is 0 Å². The third kappa shape index (κ3) is 4.39. The van der Waals surface area contributed by atoms with Gasteiger partial charge < -0.3 is 9.73 Å². The molecule has 27 heavy (non-hydrogen) atoms. The first-order valence-corrected chi connectivity index (χ1v) is 8.29. The number of halogens is 1. The van der Waals surface area contributed by atoms with Gasteiger partial charge in [-0.3, -0.25) is 14.4 Å². The molecule has 0 atom stereocenters. The molecule has 3 aromatic rings. The van der Waals surface area contributed by atoms with E-state index >= 15 is 0 Å². The van der Waals surface area contributed by atoms with Crippen LogP contribution >= 0.6 is 11.6 Å². The number of nitrogens with one attached hydrogen (secondary N) is 2. The topological polar surface area (TPSA) is 101 Å². The van der Waals surface area contributed by atoms with Gasteiger partial charge in [-0.25, -0.2) is 5.43 Å². The fourth-order valence-electron chi connectivity index (χ4n) is 2.30. The number of carbonyl (C=O) groups is 2. The summed E-state index contributed by atoms with van der Waals surface area (Å²) in [5, 5.41) is 6.85. The molecule has 136 valence electrons. The number of hydrogen-bond acceptors (Lipinski definition) is 5. The highest BCUT2D eigenvalue weighted by molar-refractivity contribution is 6.33. The molecule has 0 saturated heterocycles. The molecule has 1 heterocycles. The molecule has 0 fully saturated rings. The Bertz CT molecular complexity index is 1090. The minimum absolute atomic E-state index is 0.189. The first kappa shape index (κ1) is 18.3. The molecule has 1 aromatic heterocycles. The van der Waals surface area contributed by atoms with E-state index in [-0.39, 0.29) is 28.1 Å². The summed E-state index contributed by atoms with van der Waals surface area (Å²) in [4.78, 5) is 36.0. The molecular weight excluding hydrogens is 370 g/mol. The van der Waals surface area contributed by atoms with Crippen LogP contribution in [0, 0.1) is 0 Å². The summed E-state index contributed by atoms with van der Waals surface area (Å²) in [6.07, 6.45) is 2.45. The summed E-state index contributed by atoms with van der Waals surface area (Å²) in [6.45, 7) is -0.298. The fourth-order valence-corrected chi connectivity index (χ4v) is 2.52. The van der Waals surface area contributed by atoms with E-state index in [2.05, 4.69) is 15.8 Å². The summed E-state index contributed by atoms with van der Waals surface area (Å²) in [6, 6.07) is 13.3. The lowest BCUT2D eigenvalue weighted by Gasteiger charge is -2.05. The maximum absolute atomic E-state index is 12.3. The third-order valence-electron chi connectivity index (χ3n) is 3.63. The molecule has 2 amide bonds. The number of hydrazone groups is 1. The molecule has 0 unspecified atom stereocenters. The maximum Gasteiger partial charge on any atom is 0.259 e. The van der Waals surface area contributed by atoms with Crippen molar-refractivity contribution in [2.75, 3.05) is 6.54 Å². The van der Waals surface area contributed by atoms with Gasteiger partial charge in [-0.2, -0.15) is 5.10 Å². The minimum atomic E-state index is -0.558. The quantitative estimate of drug-likeness (QED) is 0.521. The predicted molar refractivity (Wildman–Crippen MR) is 102 cm³/mol. The number of para-hydroxylation sites is 1. The van der Waals surface area contributed by atoms with Gasteiger partial charge in [0.15, 0.2) is 0 Å². The van der Waals surface area contributed by atoms with Crippen LogP contribution in [0.25, 0.3) is 11.0 Å². The van der Waals surface area contributed by atoms with Gasteiger partial charge in [-0.1, -0.05) is 35.9 Å². The van der Waals surface area contributed by atoms with Gasteiger partial charge in [0, 0.05) is 0 Å². The molecule has 3 rings (SSSR count). The second-order valence-electron chi connectivity index (χ2n) is 5.47. The highest BCUT2D eigenvalue weighted by atomic mass is 35.5. The van der Waals surface area contributed by atoms with E-state index in [1.165, 1.54) is 12.5 Å². The molecule has 2 aromatic carbocycles. The van der Waals surface area contributed by atoms with E-state index in [1.807, 2.05) is 0 Å². The minimum Gasteiger partial charge on any atom is -0.463 e. The number of carbonyl (C=O) groups excluding carboxylic acids is 2. The predicted octanol–water partition coefficient (Wildman–Crippen LogP) is 2.33. The van der Waals surface area contributed by atoms with Crippen LogP contribution in [0.3, 0.4) is 0 Å². The van der Waals surface area contributed by atoms with Crippen LogP contribution in [-0.4, -0.2) is 24.6 Å². The normalized spacial score (nSPS) is 10.9. The Kier molecular flexibility index (Phi) is 5.63. The number of benzene rings is 2. The first-order chi connectivity index (χ1) is 13.1. The summed E-state index contributed by atoms with van der Waals surface area (Å²) < 4.78 is 5.35. The Morgan fingerprint density at radius 2 is 1.85 bits per heavy atom. The lowest BCUT2D eigenvalue weighted by atomic mass is 10.2. The molecule has 8 heteroatoms. The van der Waals surface area contributed by atoms with E-state index in [9.17, 15) is 14.4 Å². The van der Waals surface area contributed by atoms with Crippen molar-refractivity contribution in [2.45, 2.75) is 0 Å². The average molecular weight is 384 g/mol. The zero-order valence-corrected chi connectivity index (χ0v) is 14.7. The van der Waals surface area contributed by atoms with E-state index in [1.54, 1.807) is 48.5 Å². The monoisotopic (exact) mass is 383 g/mol. The van der Waals surface area contributed by atoms with Crippen molar-refractivity contribution < 1.29 is 14.0 Å². The van der Waals surface area contributed by atoms with Crippen molar-refractivity contribution in [1.29, 1.82) is 0 Å². The number of hydrogen-bond donors (Lipinski definition) is 2. The van der Waals surface area contributed by atoms with Gasteiger partial charge in [0.25, 0.3) is 11.8 Å². The Morgan fingerprint density at radius 1 is 1.11 bits per heavy atom. The van der Waals surface area contributed by atoms with Gasteiger partial charge in [0.1, 0.15) is 11.8 Å². The highest BCUT2D eigenvalue weighted by Crippen LogP contribution is 2.14. The lowest BCUT2D eigenvalue weighted by Crippen LogP contribution is -2.35. The largest absolute Gasteiger partial charge is 0.463 e. The van der Waals surface area contributed by atoms with Crippen molar-refractivity contribution in [1.82, 2.24) is 10.7 Å². The molecule has 0 spiro atoms. The number of rotatable bonds is 5. The van der Waals surface area contributed by atoms with E-state index in [0.29, 0.717) is 11.0 Å². The van der Waals surface area contributed by atoms with Crippen molar-refractivity contribution in [3.8, 4) is 0 Å². The van der Waals surface area contributed by atoms with Gasteiger partial charge in [0.05, 0.1) is 34.3 Å². The van der Waals surface area contributed by atoms with Crippen LogP contribution < -0.4 is 16.2 Å². The van der Waals surface area contributed by atoms with Crippen LogP contribution in [-0.2, 0) is 4.79 Å². The second kappa shape index (κ2) is 8.29. The van der Waals surface area contributed by atoms with Crippen LogP contribution in [0.4, 0.5) is 0 Å². The molecule has 0 aliphatic rings. The van der Waals surface area contributed by atoms with Crippen molar-refractivity contribution in [3.63, 3.8) is 0 Å². The van der Waals surface area contributed by atoms with Gasteiger partial charge in [-0.05, 0) is 24.3 Å². The van der Waals surface area contributed by atoms with Crippen molar-refractivity contribution >= 4 is 40.6 Å². The van der Waals surface area contributed by atoms with Crippen LogP contribution in [0.1, 0.15) is 15.9 Å². The summed E-state index contributed by atoms with van der Waals surface area (Å²) >= 11 is 5.92.